The van der Waals surface area contributed by atoms with Crippen molar-refractivity contribution < 1.29 is 13.9 Å². The molecule has 0 unspecified atom stereocenters. The number of carbonyl (C=O) groups is 1. The molecule has 0 bridgehead atoms. The van der Waals surface area contributed by atoms with E-state index in [1.165, 1.54) is 6.07 Å². The van der Waals surface area contributed by atoms with E-state index < -0.39 is 0 Å². The molecule has 2 fully saturated rings. The number of likely N-dealkylation sites (N-methyl/N-ethyl adjacent to an activating group) is 1. The van der Waals surface area contributed by atoms with Crippen molar-refractivity contribution in [3.63, 3.8) is 0 Å². The number of nitrogens with zero attached hydrogens (tertiary/aromatic N) is 6. The summed E-state index contributed by atoms with van der Waals surface area (Å²) in [7, 11) is 2.13. The third-order valence-electron chi connectivity index (χ3n) is 7.77. The van der Waals surface area contributed by atoms with E-state index in [0.717, 1.165) is 55.0 Å². The molecule has 2 aromatic heterocycles. The molecule has 0 radical (unpaired) electrons. The molecule has 10 heteroatoms. The first-order chi connectivity index (χ1) is 17.1. The number of carbonyl (C=O) groups excluding carboxylic acids is 1. The van der Waals surface area contributed by atoms with E-state index in [-0.39, 0.29) is 24.3 Å². The van der Waals surface area contributed by atoms with E-state index in [1.807, 2.05) is 15.5 Å². The normalized spacial score (nSPS) is 22.0. The highest BCUT2D eigenvalue weighted by molar-refractivity contribution is 6.03. The molecular formula is C25H28FN7O2. The molecule has 1 aromatic carbocycles. The van der Waals surface area contributed by atoms with Crippen molar-refractivity contribution >= 4 is 23.1 Å². The molecule has 1 saturated carbocycles. The van der Waals surface area contributed by atoms with Crippen LogP contribution in [0.1, 0.15) is 34.5 Å². The first kappa shape index (κ1) is 20.9. The van der Waals surface area contributed by atoms with Gasteiger partial charge in [0.1, 0.15) is 23.4 Å². The Labute approximate surface area is 202 Å². The van der Waals surface area contributed by atoms with Crippen molar-refractivity contribution in [1.29, 1.82) is 0 Å². The van der Waals surface area contributed by atoms with E-state index in [9.17, 15) is 9.18 Å². The lowest BCUT2D eigenvalue weighted by Gasteiger charge is -2.44. The minimum Gasteiger partial charge on any atom is -0.493 e. The van der Waals surface area contributed by atoms with Crippen LogP contribution in [0, 0.1) is 5.82 Å². The molecule has 5 heterocycles. The lowest BCUT2D eigenvalue weighted by molar-refractivity contribution is 0.0710. The number of nitrogens with one attached hydrogen (secondary N) is 1. The molecule has 0 spiro atoms. The van der Waals surface area contributed by atoms with E-state index in [4.69, 9.17) is 9.72 Å². The second-order valence-electron chi connectivity index (χ2n) is 10.0. The quantitative estimate of drug-likeness (QED) is 0.617. The van der Waals surface area contributed by atoms with Gasteiger partial charge in [0, 0.05) is 56.3 Å². The number of piperazine rings is 1. The summed E-state index contributed by atoms with van der Waals surface area (Å²) in [5.74, 6) is 1.02. The predicted molar refractivity (Wildman–Crippen MR) is 129 cm³/mol. The Balaban J connectivity index is 1.29. The van der Waals surface area contributed by atoms with Crippen molar-refractivity contribution in [2.45, 2.75) is 37.9 Å². The van der Waals surface area contributed by atoms with E-state index in [0.29, 0.717) is 42.8 Å². The Morgan fingerprint density at radius 2 is 2.03 bits per heavy atom. The van der Waals surface area contributed by atoms with Crippen LogP contribution < -0.4 is 15.0 Å². The number of amides is 1. The summed E-state index contributed by atoms with van der Waals surface area (Å²) in [6.45, 7) is 4.25. The Hall–Kier alpha value is -3.40. The fourth-order valence-corrected chi connectivity index (χ4v) is 5.80. The maximum atomic E-state index is 14.7. The number of aromatic nitrogens is 3. The van der Waals surface area contributed by atoms with Gasteiger partial charge in [-0.1, -0.05) is 0 Å². The van der Waals surface area contributed by atoms with Crippen LogP contribution >= 0.6 is 0 Å². The summed E-state index contributed by atoms with van der Waals surface area (Å²) in [5, 5.41) is 3.30. The minimum absolute atomic E-state index is 0.00894. The van der Waals surface area contributed by atoms with Crippen molar-refractivity contribution in [1.82, 2.24) is 24.2 Å². The summed E-state index contributed by atoms with van der Waals surface area (Å²) in [6, 6.07) is 3.65. The van der Waals surface area contributed by atoms with Crippen molar-refractivity contribution in [2.75, 3.05) is 50.1 Å². The largest absolute Gasteiger partial charge is 0.493 e. The number of rotatable bonds is 4. The number of fused-ring (bicyclic) bond motifs is 3. The van der Waals surface area contributed by atoms with Gasteiger partial charge in [0.05, 0.1) is 24.5 Å². The molecule has 1 amide bonds. The van der Waals surface area contributed by atoms with Gasteiger partial charge in [0.2, 0.25) is 5.95 Å². The van der Waals surface area contributed by atoms with Gasteiger partial charge >= 0.3 is 0 Å². The summed E-state index contributed by atoms with van der Waals surface area (Å²) in [5.41, 5.74) is 3.67. The van der Waals surface area contributed by atoms with Gasteiger partial charge in [-0.15, -0.1) is 0 Å². The van der Waals surface area contributed by atoms with Crippen LogP contribution in [-0.2, 0) is 13.0 Å². The number of imidazole rings is 1. The maximum Gasteiger partial charge on any atom is 0.275 e. The van der Waals surface area contributed by atoms with Gasteiger partial charge in [-0.25, -0.2) is 14.4 Å². The van der Waals surface area contributed by atoms with Crippen LogP contribution in [0.4, 0.5) is 16.0 Å². The molecular weight excluding hydrogens is 449 g/mol. The fourth-order valence-electron chi connectivity index (χ4n) is 5.80. The molecule has 1 saturated heterocycles. The van der Waals surface area contributed by atoms with Crippen molar-refractivity contribution in [3.8, 4) is 5.75 Å². The molecule has 1 N–H and O–H groups in total. The summed E-state index contributed by atoms with van der Waals surface area (Å²) >= 11 is 0. The minimum atomic E-state index is -0.258. The standard InChI is InChI=1S/C25H28FN7O2/c1-30-7-8-31-16(12-30)13-32(15-2-3-15)24(34)22-23-20(31)11-28-25(33(23)14-29-22)27-10-18-17-6-9-35-21(17)5-4-19(18)26/h4-5,11,14-16H,2-3,6-10,12-13H2,1H3,(H,27,28)/t16-/m1/s1. The highest BCUT2D eigenvalue weighted by atomic mass is 19.1. The molecule has 4 aliphatic rings. The topological polar surface area (TPSA) is 78.2 Å². The number of ether oxygens (including phenoxy) is 1. The van der Waals surface area contributed by atoms with Gasteiger partial charge in [-0.3, -0.25) is 9.20 Å². The Morgan fingerprint density at radius 1 is 1.14 bits per heavy atom. The molecule has 35 heavy (non-hydrogen) atoms. The van der Waals surface area contributed by atoms with Gasteiger partial charge in [-0.2, -0.15) is 0 Å². The smallest absolute Gasteiger partial charge is 0.275 e. The van der Waals surface area contributed by atoms with Gasteiger partial charge in [0.25, 0.3) is 5.91 Å². The predicted octanol–water partition coefficient (Wildman–Crippen LogP) is 2.15. The Kier molecular flexibility index (Phi) is 4.67. The van der Waals surface area contributed by atoms with Crippen LogP contribution in [0.2, 0.25) is 0 Å². The zero-order chi connectivity index (χ0) is 23.7. The van der Waals surface area contributed by atoms with Crippen LogP contribution in [0.15, 0.2) is 24.7 Å². The summed E-state index contributed by atoms with van der Waals surface area (Å²) < 4.78 is 22.2. The Morgan fingerprint density at radius 3 is 2.89 bits per heavy atom. The van der Waals surface area contributed by atoms with E-state index in [1.54, 1.807) is 12.4 Å². The molecule has 3 aromatic rings. The number of anilines is 2. The zero-order valence-electron chi connectivity index (χ0n) is 19.7. The molecule has 1 aliphatic carbocycles. The first-order valence-electron chi connectivity index (χ1n) is 12.4. The fraction of sp³-hybridized carbons (Fsp3) is 0.480. The second-order valence-corrected chi connectivity index (χ2v) is 10.0. The average Bonchev–Trinajstić information content (AvgIpc) is 3.40. The molecule has 7 rings (SSSR count). The highest BCUT2D eigenvalue weighted by Crippen LogP contribution is 2.36. The first-order valence-corrected chi connectivity index (χ1v) is 12.4. The second kappa shape index (κ2) is 7.81. The third-order valence-corrected chi connectivity index (χ3v) is 7.77. The maximum absolute atomic E-state index is 14.7. The van der Waals surface area contributed by atoms with Gasteiger partial charge < -0.3 is 24.8 Å². The molecule has 182 valence electrons. The van der Waals surface area contributed by atoms with E-state index in [2.05, 4.69) is 27.1 Å². The average molecular weight is 478 g/mol. The third kappa shape index (κ3) is 3.34. The summed E-state index contributed by atoms with van der Waals surface area (Å²) in [4.78, 5) is 29.7. The van der Waals surface area contributed by atoms with Crippen LogP contribution in [-0.4, -0.2) is 82.0 Å². The monoisotopic (exact) mass is 477 g/mol. The Bertz CT molecular complexity index is 1340. The van der Waals surface area contributed by atoms with Crippen LogP contribution in [0.5, 0.6) is 5.75 Å². The number of hydrogen-bond acceptors (Lipinski definition) is 7. The van der Waals surface area contributed by atoms with Crippen molar-refractivity contribution in [3.05, 3.63) is 47.3 Å². The van der Waals surface area contributed by atoms with Crippen LogP contribution in [0.25, 0.3) is 5.52 Å². The van der Waals surface area contributed by atoms with Crippen LogP contribution in [0.3, 0.4) is 0 Å². The number of hydrogen-bond donors (Lipinski definition) is 1. The lowest BCUT2D eigenvalue weighted by Crippen LogP contribution is -2.58. The zero-order valence-corrected chi connectivity index (χ0v) is 19.7. The molecule has 3 aliphatic heterocycles. The summed E-state index contributed by atoms with van der Waals surface area (Å²) in [6.07, 6.45) is 6.31. The number of benzene rings is 1. The lowest BCUT2D eigenvalue weighted by atomic mass is 10.0. The van der Waals surface area contributed by atoms with Gasteiger partial charge in [0.15, 0.2) is 5.69 Å². The molecule has 9 nitrogen and oxygen atoms in total. The highest BCUT2D eigenvalue weighted by Gasteiger charge is 2.41. The number of halogens is 1. The SMILES string of the molecule is CN1CCN2c3cnc(NCc4c(F)ccc5c4CCO5)n4cnc(c34)C(=O)N(C3CC3)C[C@H]2C1. The van der Waals surface area contributed by atoms with E-state index >= 15 is 0 Å². The van der Waals surface area contributed by atoms with Gasteiger partial charge in [-0.05, 0) is 32.0 Å². The van der Waals surface area contributed by atoms with Crippen molar-refractivity contribution in [2.24, 2.45) is 0 Å². The molecule has 1 atom stereocenters.